The molecule has 1 aromatic heterocycles. The molecule has 7 heteroatoms. The number of aromatic nitrogens is 2. The van der Waals surface area contributed by atoms with Crippen molar-refractivity contribution in [2.75, 3.05) is 25.5 Å². The second kappa shape index (κ2) is 8.62. The van der Waals surface area contributed by atoms with E-state index in [0.29, 0.717) is 17.2 Å². The van der Waals surface area contributed by atoms with Crippen molar-refractivity contribution >= 4 is 23.5 Å². The number of hydrogen-bond donors (Lipinski definition) is 1. The third-order valence-corrected chi connectivity index (χ3v) is 4.53. The zero-order valence-electron chi connectivity index (χ0n) is 15.7. The quantitative estimate of drug-likeness (QED) is 0.834. The van der Waals surface area contributed by atoms with Crippen LogP contribution in [0.5, 0.6) is 0 Å². The Labute approximate surface area is 158 Å². The van der Waals surface area contributed by atoms with Gasteiger partial charge in [0.1, 0.15) is 5.69 Å². The topological polar surface area (TPSA) is 84.4 Å². The summed E-state index contributed by atoms with van der Waals surface area (Å²) in [6.45, 7) is 3.39. The van der Waals surface area contributed by atoms with E-state index in [1.165, 1.54) is 20.0 Å². The largest absolute Gasteiger partial charge is 0.465 e. The maximum Gasteiger partial charge on any atom is 0.337 e. The van der Waals surface area contributed by atoms with E-state index in [1.54, 1.807) is 30.3 Å². The summed E-state index contributed by atoms with van der Waals surface area (Å²) in [6.07, 6.45) is 4.41. The van der Waals surface area contributed by atoms with E-state index >= 15 is 0 Å². The van der Waals surface area contributed by atoms with Gasteiger partial charge in [0.05, 0.1) is 12.7 Å². The number of esters is 1. The van der Waals surface area contributed by atoms with E-state index in [4.69, 9.17) is 4.74 Å². The molecule has 0 unspecified atom stereocenters. The number of carbonyl (C=O) groups excluding carboxylic acids is 2. The van der Waals surface area contributed by atoms with E-state index in [0.717, 1.165) is 37.3 Å². The first-order valence-electron chi connectivity index (χ1n) is 9.17. The smallest absolute Gasteiger partial charge is 0.337 e. The lowest BCUT2D eigenvalue weighted by Crippen LogP contribution is -2.32. The summed E-state index contributed by atoms with van der Waals surface area (Å²) < 4.78 is 4.69. The summed E-state index contributed by atoms with van der Waals surface area (Å²) in [4.78, 5) is 35.0. The van der Waals surface area contributed by atoms with Gasteiger partial charge in [-0.2, -0.15) is 0 Å². The number of amides is 1. The first-order chi connectivity index (χ1) is 13.1. The number of carbonyl (C=O) groups is 2. The van der Waals surface area contributed by atoms with Crippen LogP contribution < -0.4 is 5.32 Å². The number of hydrogen-bond acceptors (Lipinski definition) is 6. The summed E-state index contributed by atoms with van der Waals surface area (Å²) >= 11 is 0. The van der Waals surface area contributed by atoms with Gasteiger partial charge in [-0.15, -0.1) is 0 Å². The number of benzene rings is 1. The Balaban J connectivity index is 1.76. The molecule has 0 aliphatic carbocycles. The Morgan fingerprint density at radius 2 is 1.70 bits per heavy atom. The van der Waals surface area contributed by atoms with Gasteiger partial charge >= 0.3 is 5.97 Å². The molecule has 1 aliphatic rings. The molecule has 0 saturated carbocycles. The van der Waals surface area contributed by atoms with Crippen LogP contribution in [0, 0.1) is 6.92 Å². The van der Waals surface area contributed by atoms with Gasteiger partial charge in [0, 0.05) is 24.5 Å². The zero-order valence-corrected chi connectivity index (χ0v) is 15.7. The number of nitrogens with one attached hydrogen (secondary N) is 1. The first kappa shape index (κ1) is 18.8. The third kappa shape index (κ3) is 4.81. The fraction of sp³-hybridized carbons (Fsp3) is 0.400. The average Bonchev–Trinajstić information content (AvgIpc) is 2.96. The molecule has 1 aromatic carbocycles. The minimum absolute atomic E-state index is 0.0495. The van der Waals surface area contributed by atoms with E-state index < -0.39 is 5.97 Å². The molecule has 1 fully saturated rings. The third-order valence-electron chi connectivity index (χ3n) is 4.53. The Bertz CT molecular complexity index is 812. The highest BCUT2D eigenvalue weighted by atomic mass is 16.5. The van der Waals surface area contributed by atoms with Gasteiger partial charge in [-0.3, -0.25) is 4.79 Å². The van der Waals surface area contributed by atoms with Gasteiger partial charge in [-0.1, -0.05) is 12.8 Å². The molecule has 7 nitrogen and oxygen atoms in total. The number of ether oxygens (including phenoxy) is 1. The van der Waals surface area contributed by atoms with Crippen LogP contribution in [0.25, 0.3) is 0 Å². The molecular formula is C20H24N4O3. The number of anilines is 2. The normalized spacial score (nSPS) is 14.4. The second-order valence-electron chi connectivity index (χ2n) is 6.62. The van der Waals surface area contributed by atoms with Crippen LogP contribution in [0.4, 0.5) is 11.6 Å². The predicted molar refractivity (Wildman–Crippen MR) is 102 cm³/mol. The van der Waals surface area contributed by atoms with Gasteiger partial charge in [-0.05, 0) is 50.1 Å². The maximum atomic E-state index is 12.8. The van der Waals surface area contributed by atoms with Crippen LogP contribution in [0.3, 0.4) is 0 Å². The minimum atomic E-state index is -0.390. The Morgan fingerprint density at radius 1 is 1.04 bits per heavy atom. The Kier molecular flexibility index (Phi) is 6.01. The van der Waals surface area contributed by atoms with Crippen molar-refractivity contribution in [2.24, 2.45) is 0 Å². The zero-order chi connectivity index (χ0) is 19.2. The standard InChI is InChI=1S/C20H24N4O3/c1-14-13-17(18(25)24-11-5-3-4-6-12-24)23-20(21-14)22-16-9-7-15(8-10-16)19(26)27-2/h7-10,13H,3-6,11-12H2,1-2H3,(H,21,22,23). The van der Waals surface area contributed by atoms with Crippen molar-refractivity contribution in [1.82, 2.24) is 14.9 Å². The van der Waals surface area contributed by atoms with Crippen molar-refractivity contribution in [2.45, 2.75) is 32.6 Å². The fourth-order valence-corrected chi connectivity index (χ4v) is 3.11. The fourth-order valence-electron chi connectivity index (χ4n) is 3.11. The van der Waals surface area contributed by atoms with Gasteiger partial charge in [-0.25, -0.2) is 14.8 Å². The summed E-state index contributed by atoms with van der Waals surface area (Å²) in [5.74, 6) is -0.0795. The van der Waals surface area contributed by atoms with Crippen LogP contribution >= 0.6 is 0 Å². The van der Waals surface area contributed by atoms with Crippen molar-refractivity contribution < 1.29 is 14.3 Å². The van der Waals surface area contributed by atoms with E-state index in [-0.39, 0.29) is 5.91 Å². The molecule has 0 radical (unpaired) electrons. The molecule has 2 aromatic rings. The lowest BCUT2D eigenvalue weighted by molar-refractivity contribution is 0.0600. The molecular weight excluding hydrogens is 344 g/mol. The lowest BCUT2D eigenvalue weighted by atomic mass is 10.2. The van der Waals surface area contributed by atoms with E-state index in [2.05, 4.69) is 15.3 Å². The number of nitrogens with zero attached hydrogens (tertiary/aromatic N) is 3. The molecule has 3 rings (SSSR count). The van der Waals surface area contributed by atoms with Gasteiger partial charge in [0.2, 0.25) is 5.95 Å². The number of likely N-dealkylation sites (tertiary alicyclic amines) is 1. The van der Waals surface area contributed by atoms with Crippen LogP contribution in [0.1, 0.15) is 52.2 Å². The van der Waals surface area contributed by atoms with Crippen LogP contribution in [0.15, 0.2) is 30.3 Å². The highest BCUT2D eigenvalue weighted by molar-refractivity contribution is 5.93. The van der Waals surface area contributed by atoms with Crippen LogP contribution in [-0.2, 0) is 4.74 Å². The van der Waals surface area contributed by atoms with Crippen LogP contribution in [0.2, 0.25) is 0 Å². The van der Waals surface area contributed by atoms with Crippen molar-refractivity contribution in [3.05, 3.63) is 47.3 Å². The summed E-state index contributed by atoms with van der Waals surface area (Å²) in [6, 6.07) is 8.53. The molecule has 0 bridgehead atoms. The highest BCUT2D eigenvalue weighted by Gasteiger charge is 2.19. The molecule has 2 heterocycles. The molecule has 142 valence electrons. The number of rotatable bonds is 4. The lowest BCUT2D eigenvalue weighted by Gasteiger charge is -2.20. The molecule has 0 spiro atoms. The molecule has 0 atom stereocenters. The summed E-state index contributed by atoms with van der Waals surface area (Å²) in [5.41, 5.74) is 2.31. The van der Waals surface area contributed by atoms with Gasteiger partial charge in [0.25, 0.3) is 5.91 Å². The molecule has 1 amide bonds. The second-order valence-corrected chi connectivity index (χ2v) is 6.62. The monoisotopic (exact) mass is 368 g/mol. The first-order valence-corrected chi connectivity index (χ1v) is 9.17. The molecule has 27 heavy (non-hydrogen) atoms. The Hall–Kier alpha value is -2.96. The summed E-state index contributed by atoms with van der Waals surface area (Å²) in [7, 11) is 1.35. The van der Waals surface area contributed by atoms with Crippen molar-refractivity contribution in [3.63, 3.8) is 0 Å². The predicted octanol–water partition coefficient (Wildman–Crippen LogP) is 3.33. The van der Waals surface area contributed by atoms with Crippen LogP contribution in [-0.4, -0.2) is 46.9 Å². The van der Waals surface area contributed by atoms with Crippen molar-refractivity contribution in [3.8, 4) is 0 Å². The highest BCUT2D eigenvalue weighted by Crippen LogP contribution is 2.17. The Morgan fingerprint density at radius 3 is 2.33 bits per heavy atom. The molecule has 1 saturated heterocycles. The SMILES string of the molecule is COC(=O)c1ccc(Nc2nc(C)cc(C(=O)N3CCCCCC3)n2)cc1. The average molecular weight is 368 g/mol. The maximum absolute atomic E-state index is 12.8. The van der Waals surface area contributed by atoms with Gasteiger partial charge in [0.15, 0.2) is 0 Å². The van der Waals surface area contributed by atoms with Gasteiger partial charge < -0.3 is 15.0 Å². The van der Waals surface area contributed by atoms with E-state index in [1.807, 2.05) is 11.8 Å². The number of methoxy groups -OCH3 is 1. The number of aryl methyl sites for hydroxylation is 1. The van der Waals surface area contributed by atoms with E-state index in [9.17, 15) is 9.59 Å². The van der Waals surface area contributed by atoms with Crippen molar-refractivity contribution in [1.29, 1.82) is 0 Å². The molecule has 1 aliphatic heterocycles. The minimum Gasteiger partial charge on any atom is -0.465 e. The summed E-state index contributed by atoms with van der Waals surface area (Å²) in [5, 5.41) is 3.09. The molecule has 1 N–H and O–H groups in total.